The van der Waals surface area contributed by atoms with Gasteiger partial charge >= 0.3 is 0 Å². The van der Waals surface area contributed by atoms with E-state index >= 15 is 0 Å². The third-order valence-corrected chi connectivity index (χ3v) is 3.60. The molecule has 0 saturated heterocycles. The van der Waals surface area contributed by atoms with Crippen LogP contribution in [0.25, 0.3) is 0 Å². The predicted octanol–water partition coefficient (Wildman–Crippen LogP) is 2.00. The summed E-state index contributed by atoms with van der Waals surface area (Å²) in [5.74, 6) is 0.874. The van der Waals surface area contributed by atoms with E-state index in [4.69, 9.17) is 4.74 Å². The Morgan fingerprint density at radius 3 is 2.68 bits per heavy atom. The van der Waals surface area contributed by atoms with E-state index in [0.29, 0.717) is 13.2 Å². The average molecular weight is 309 g/mol. The van der Waals surface area contributed by atoms with E-state index in [-0.39, 0.29) is 0 Å². The van der Waals surface area contributed by atoms with E-state index in [1.54, 1.807) is 7.11 Å². The van der Waals surface area contributed by atoms with Crippen molar-refractivity contribution in [3.05, 3.63) is 17.0 Å². The van der Waals surface area contributed by atoms with E-state index in [0.717, 1.165) is 37.7 Å². The maximum absolute atomic E-state index is 5.13. The summed E-state index contributed by atoms with van der Waals surface area (Å²) in [4.78, 5) is 4.68. The van der Waals surface area contributed by atoms with Gasteiger partial charge in [-0.05, 0) is 27.2 Å². The summed E-state index contributed by atoms with van der Waals surface area (Å²) in [6.45, 7) is 12.3. The van der Waals surface area contributed by atoms with Crippen LogP contribution in [0.5, 0.6) is 0 Å². The topological polar surface area (TPSA) is 63.5 Å². The van der Waals surface area contributed by atoms with Crippen LogP contribution in [0.3, 0.4) is 0 Å². The van der Waals surface area contributed by atoms with Crippen LogP contribution in [-0.4, -0.2) is 42.5 Å². The van der Waals surface area contributed by atoms with Gasteiger partial charge in [0.2, 0.25) is 0 Å². The largest absolute Gasteiger partial charge is 0.383 e. The first-order valence-corrected chi connectivity index (χ1v) is 8.18. The van der Waals surface area contributed by atoms with Gasteiger partial charge < -0.3 is 15.4 Å². The normalized spacial score (nSPS) is 11.8. The standard InChI is InChI=1S/C16H31N5O/c1-6-8-9-18-16(17-7-2)19-12-15-13(3)20-21(14(15)4)10-11-22-5/h6-12H2,1-5H3,(H2,17,18,19). The molecule has 2 N–H and O–H groups in total. The van der Waals surface area contributed by atoms with E-state index < -0.39 is 0 Å². The number of hydrogen-bond acceptors (Lipinski definition) is 3. The van der Waals surface area contributed by atoms with Crippen LogP contribution in [-0.2, 0) is 17.8 Å². The summed E-state index contributed by atoms with van der Waals surface area (Å²) in [5, 5.41) is 11.2. The van der Waals surface area contributed by atoms with Crippen molar-refractivity contribution in [2.45, 2.75) is 53.6 Å². The number of aromatic nitrogens is 2. The molecule has 1 aromatic heterocycles. The third-order valence-electron chi connectivity index (χ3n) is 3.60. The van der Waals surface area contributed by atoms with E-state index in [9.17, 15) is 0 Å². The SMILES string of the molecule is CCCCNC(=NCc1c(C)nn(CCOC)c1C)NCC. The highest BCUT2D eigenvalue weighted by atomic mass is 16.5. The summed E-state index contributed by atoms with van der Waals surface area (Å²) < 4.78 is 7.13. The molecule has 0 spiro atoms. The molecule has 0 radical (unpaired) electrons. The molecule has 1 aromatic rings. The smallest absolute Gasteiger partial charge is 0.191 e. The van der Waals surface area contributed by atoms with Crippen molar-refractivity contribution in [1.82, 2.24) is 20.4 Å². The number of nitrogens with zero attached hydrogens (tertiary/aromatic N) is 3. The second kappa shape index (κ2) is 10.2. The van der Waals surface area contributed by atoms with Gasteiger partial charge in [0.05, 0.1) is 25.4 Å². The molecule has 6 heteroatoms. The quantitative estimate of drug-likeness (QED) is 0.416. The van der Waals surface area contributed by atoms with Crippen molar-refractivity contribution in [2.24, 2.45) is 4.99 Å². The number of rotatable bonds is 9. The van der Waals surface area contributed by atoms with Gasteiger partial charge in [0.25, 0.3) is 0 Å². The number of unbranched alkanes of at least 4 members (excludes halogenated alkanes) is 1. The first-order chi connectivity index (χ1) is 10.6. The van der Waals surface area contributed by atoms with Crippen LogP contribution < -0.4 is 10.6 Å². The molecule has 6 nitrogen and oxygen atoms in total. The zero-order valence-corrected chi connectivity index (χ0v) is 14.7. The Kier molecular flexibility index (Phi) is 8.58. The molecule has 0 bridgehead atoms. The molecule has 0 unspecified atom stereocenters. The molecule has 0 saturated carbocycles. The number of hydrogen-bond donors (Lipinski definition) is 2. The van der Waals surface area contributed by atoms with Gasteiger partial charge in [0.15, 0.2) is 5.96 Å². The van der Waals surface area contributed by atoms with Crippen molar-refractivity contribution in [2.75, 3.05) is 26.8 Å². The molecular weight excluding hydrogens is 278 g/mol. The second-order valence-electron chi connectivity index (χ2n) is 5.34. The predicted molar refractivity (Wildman–Crippen MR) is 91.3 cm³/mol. The van der Waals surface area contributed by atoms with Crippen molar-refractivity contribution < 1.29 is 4.74 Å². The number of ether oxygens (including phenoxy) is 1. The molecule has 1 heterocycles. The molecule has 0 aromatic carbocycles. The Bertz CT molecular complexity index is 467. The van der Waals surface area contributed by atoms with E-state index in [1.807, 2.05) is 11.6 Å². The fraction of sp³-hybridized carbons (Fsp3) is 0.750. The minimum Gasteiger partial charge on any atom is -0.383 e. The minimum atomic E-state index is 0.645. The summed E-state index contributed by atoms with van der Waals surface area (Å²) >= 11 is 0. The maximum atomic E-state index is 5.13. The maximum Gasteiger partial charge on any atom is 0.191 e. The lowest BCUT2D eigenvalue weighted by Crippen LogP contribution is -2.37. The zero-order chi connectivity index (χ0) is 16.4. The van der Waals surface area contributed by atoms with Crippen molar-refractivity contribution >= 4 is 5.96 Å². The second-order valence-corrected chi connectivity index (χ2v) is 5.34. The number of aliphatic imine (C=N–C) groups is 1. The fourth-order valence-corrected chi connectivity index (χ4v) is 2.24. The zero-order valence-electron chi connectivity index (χ0n) is 14.7. The number of aryl methyl sites for hydroxylation is 1. The van der Waals surface area contributed by atoms with Crippen molar-refractivity contribution in [1.29, 1.82) is 0 Å². The summed E-state index contributed by atoms with van der Waals surface area (Å²) in [5.41, 5.74) is 3.41. The van der Waals surface area contributed by atoms with Crippen LogP contribution in [0.2, 0.25) is 0 Å². The first-order valence-electron chi connectivity index (χ1n) is 8.18. The Morgan fingerprint density at radius 1 is 1.27 bits per heavy atom. The molecule has 126 valence electrons. The summed E-state index contributed by atoms with van der Waals surface area (Å²) in [6.07, 6.45) is 2.33. The molecule has 0 aliphatic carbocycles. The Labute approximate surface area is 134 Å². The lowest BCUT2D eigenvalue weighted by Gasteiger charge is -2.11. The molecule has 0 aliphatic heterocycles. The van der Waals surface area contributed by atoms with Crippen LogP contribution in [0.1, 0.15) is 43.6 Å². The van der Waals surface area contributed by atoms with E-state index in [1.165, 1.54) is 17.7 Å². The first kappa shape index (κ1) is 18.5. The summed E-state index contributed by atoms with van der Waals surface area (Å²) in [7, 11) is 1.71. The van der Waals surface area contributed by atoms with Crippen molar-refractivity contribution in [3.63, 3.8) is 0 Å². The van der Waals surface area contributed by atoms with Crippen molar-refractivity contribution in [3.8, 4) is 0 Å². The molecule has 1 rings (SSSR count). The highest BCUT2D eigenvalue weighted by molar-refractivity contribution is 5.79. The van der Waals surface area contributed by atoms with E-state index in [2.05, 4.69) is 41.5 Å². The Morgan fingerprint density at radius 2 is 2.05 bits per heavy atom. The number of guanidine groups is 1. The lowest BCUT2D eigenvalue weighted by molar-refractivity contribution is 0.182. The molecule has 0 amide bonds. The molecule has 0 aliphatic rings. The van der Waals surface area contributed by atoms with Gasteiger partial charge in [-0.3, -0.25) is 4.68 Å². The van der Waals surface area contributed by atoms with Gasteiger partial charge in [-0.2, -0.15) is 5.10 Å². The minimum absolute atomic E-state index is 0.645. The average Bonchev–Trinajstić information content (AvgIpc) is 2.77. The number of methoxy groups -OCH3 is 1. The van der Waals surface area contributed by atoms with Gasteiger partial charge in [0, 0.05) is 31.5 Å². The third kappa shape index (κ3) is 5.67. The van der Waals surface area contributed by atoms with Crippen LogP contribution in [0, 0.1) is 13.8 Å². The van der Waals surface area contributed by atoms with Crippen LogP contribution in [0.4, 0.5) is 0 Å². The van der Waals surface area contributed by atoms with Gasteiger partial charge in [-0.15, -0.1) is 0 Å². The van der Waals surface area contributed by atoms with Gasteiger partial charge in [-0.1, -0.05) is 13.3 Å². The molecule has 0 atom stereocenters. The molecular formula is C16H31N5O. The van der Waals surface area contributed by atoms with Gasteiger partial charge in [-0.25, -0.2) is 4.99 Å². The summed E-state index contributed by atoms with van der Waals surface area (Å²) in [6, 6.07) is 0. The molecule has 0 fully saturated rings. The number of nitrogens with one attached hydrogen (secondary N) is 2. The van der Waals surface area contributed by atoms with Crippen LogP contribution >= 0.6 is 0 Å². The lowest BCUT2D eigenvalue weighted by atomic mass is 10.2. The van der Waals surface area contributed by atoms with Crippen LogP contribution in [0.15, 0.2) is 4.99 Å². The Balaban J connectivity index is 2.73. The fourth-order valence-electron chi connectivity index (χ4n) is 2.24. The Hall–Kier alpha value is -1.56. The van der Waals surface area contributed by atoms with Gasteiger partial charge in [0.1, 0.15) is 0 Å². The highest BCUT2D eigenvalue weighted by Crippen LogP contribution is 2.14. The molecule has 22 heavy (non-hydrogen) atoms. The monoisotopic (exact) mass is 309 g/mol. The highest BCUT2D eigenvalue weighted by Gasteiger charge is 2.11.